The summed E-state index contributed by atoms with van der Waals surface area (Å²) in [6.45, 7) is 14.1. The third-order valence-corrected chi connectivity index (χ3v) is 5.31. The fourth-order valence-electron chi connectivity index (χ4n) is 3.68. The first kappa shape index (κ1) is 28.2. The highest BCUT2D eigenvalue weighted by molar-refractivity contribution is 5.61. The molecule has 3 rings (SSSR count). The molecular weight excluding hydrogens is 468 g/mol. The Balaban J connectivity index is 2.17. The second kappa shape index (κ2) is 14.4. The Morgan fingerprint density at radius 3 is 1.32 bits per heavy atom. The van der Waals surface area contributed by atoms with Gasteiger partial charge in [-0.2, -0.15) is 15.0 Å². The fraction of sp³-hybridized carbons (Fsp3) is 0.571. The zero-order chi connectivity index (χ0) is 26.6. The molecule has 37 heavy (non-hydrogen) atoms. The summed E-state index contributed by atoms with van der Waals surface area (Å²) in [6, 6.07) is 3.59. The van der Waals surface area contributed by atoms with Gasteiger partial charge in [0.25, 0.3) is 0 Å². The highest BCUT2D eigenvalue weighted by Gasteiger charge is 2.21. The van der Waals surface area contributed by atoms with Crippen LogP contribution in [0.4, 0.5) is 0 Å². The lowest BCUT2D eigenvalue weighted by molar-refractivity contribution is 0.286. The molecule has 0 aromatic carbocycles. The molecule has 9 heteroatoms. The van der Waals surface area contributed by atoms with Crippen LogP contribution in [0.2, 0.25) is 0 Å². The third-order valence-electron chi connectivity index (χ3n) is 5.31. The minimum atomic E-state index is 0.455. The molecule has 3 aromatic rings. The summed E-state index contributed by atoms with van der Waals surface area (Å²) in [5, 5.41) is 0. The molecule has 9 nitrogen and oxygen atoms in total. The Bertz CT molecular complexity index is 1130. The molecule has 0 radical (unpaired) electrons. The van der Waals surface area contributed by atoms with Crippen molar-refractivity contribution in [1.29, 1.82) is 0 Å². The molecule has 3 aromatic heterocycles. The lowest BCUT2D eigenvalue weighted by atomic mass is 10.1. The molecule has 0 bridgehead atoms. The number of nitrogens with zero attached hydrogens (tertiary/aromatic N) is 6. The van der Waals surface area contributed by atoms with E-state index in [-0.39, 0.29) is 0 Å². The van der Waals surface area contributed by atoms with E-state index in [0.717, 1.165) is 55.6 Å². The van der Waals surface area contributed by atoms with Crippen molar-refractivity contribution < 1.29 is 14.2 Å². The van der Waals surface area contributed by atoms with Gasteiger partial charge >= 0.3 is 0 Å². The molecule has 3 heterocycles. The predicted molar refractivity (Wildman–Crippen MR) is 144 cm³/mol. The first-order chi connectivity index (χ1) is 18.0. The van der Waals surface area contributed by atoms with Crippen molar-refractivity contribution in [2.24, 2.45) is 0 Å². The van der Waals surface area contributed by atoms with Gasteiger partial charge in [-0.15, -0.1) is 0 Å². The highest BCUT2D eigenvalue weighted by Crippen LogP contribution is 2.29. The van der Waals surface area contributed by atoms with E-state index in [0.29, 0.717) is 66.9 Å². The van der Waals surface area contributed by atoms with Crippen molar-refractivity contribution in [1.82, 2.24) is 29.9 Å². The molecule has 0 spiro atoms. The van der Waals surface area contributed by atoms with E-state index < -0.39 is 0 Å². The van der Waals surface area contributed by atoms with E-state index in [1.807, 2.05) is 13.0 Å². The first-order valence-corrected chi connectivity index (χ1v) is 13.6. The Labute approximate surface area is 220 Å². The Hall–Kier alpha value is -3.36. The third kappa shape index (κ3) is 7.81. The molecule has 0 atom stereocenters. The summed E-state index contributed by atoms with van der Waals surface area (Å²) in [6.07, 6.45) is 5.86. The Morgan fingerprint density at radius 1 is 0.514 bits per heavy atom. The summed E-state index contributed by atoms with van der Waals surface area (Å²) < 4.78 is 17.5. The average Bonchev–Trinajstić information content (AvgIpc) is 2.90. The molecule has 0 aliphatic rings. The molecule has 0 aliphatic heterocycles. The van der Waals surface area contributed by atoms with Crippen LogP contribution in [0.1, 0.15) is 83.8 Å². The normalized spacial score (nSPS) is 11.0. The minimum Gasteiger partial charge on any atom is -0.478 e. The smallest absolute Gasteiger partial charge is 0.220 e. The molecule has 0 fully saturated rings. The summed E-state index contributed by atoms with van der Waals surface area (Å²) >= 11 is 0. The maximum atomic E-state index is 5.85. The quantitative estimate of drug-likeness (QED) is 0.245. The molecule has 0 amide bonds. The van der Waals surface area contributed by atoms with E-state index in [9.17, 15) is 0 Å². The van der Waals surface area contributed by atoms with Crippen molar-refractivity contribution in [3.63, 3.8) is 0 Å². The van der Waals surface area contributed by atoms with E-state index >= 15 is 0 Å². The van der Waals surface area contributed by atoms with Gasteiger partial charge < -0.3 is 14.2 Å². The lowest BCUT2D eigenvalue weighted by Gasteiger charge is -2.15. The van der Waals surface area contributed by atoms with E-state index in [4.69, 9.17) is 34.1 Å². The predicted octanol–water partition coefficient (Wildman–Crippen LogP) is 5.97. The Kier molecular flexibility index (Phi) is 11.0. The van der Waals surface area contributed by atoms with Crippen molar-refractivity contribution >= 4 is 0 Å². The first-order valence-electron chi connectivity index (χ1n) is 13.6. The maximum Gasteiger partial charge on any atom is 0.220 e. The van der Waals surface area contributed by atoms with Gasteiger partial charge in [-0.25, -0.2) is 15.0 Å². The summed E-state index contributed by atoms with van der Waals surface area (Å²) in [4.78, 5) is 28.9. The highest BCUT2D eigenvalue weighted by atomic mass is 16.5. The van der Waals surface area contributed by atoms with Crippen LogP contribution in [0, 0.1) is 6.92 Å². The zero-order valence-electron chi connectivity index (χ0n) is 23.1. The van der Waals surface area contributed by atoms with Crippen LogP contribution in [0.25, 0.3) is 23.0 Å². The van der Waals surface area contributed by atoms with E-state index in [1.54, 1.807) is 6.07 Å². The molecule has 0 aliphatic carbocycles. The number of aryl methyl sites for hydroxylation is 3. The van der Waals surface area contributed by atoms with E-state index in [1.165, 1.54) is 0 Å². The maximum absolute atomic E-state index is 5.85. The molecule has 200 valence electrons. The van der Waals surface area contributed by atoms with Gasteiger partial charge in [0.1, 0.15) is 11.4 Å². The van der Waals surface area contributed by atoms with Gasteiger partial charge in [-0.3, -0.25) is 0 Å². The van der Waals surface area contributed by atoms with Crippen LogP contribution in [-0.2, 0) is 12.8 Å². The van der Waals surface area contributed by atoms with Crippen molar-refractivity contribution in [3.05, 3.63) is 29.2 Å². The van der Waals surface area contributed by atoms with Gasteiger partial charge in [0.2, 0.25) is 17.6 Å². The summed E-state index contributed by atoms with van der Waals surface area (Å²) in [5.74, 6) is 2.48. The second-order valence-electron chi connectivity index (χ2n) is 8.90. The van der Waals surface area contributed by atoms with Crippen LogP contribution >= 0.6 is 0 Å². The fourth-order valence-corrected chi connectivity index (χ4v) is 3.68. The molecule has 0 unspecified atom stereocenters. The monoisotopic (exact) mass is 508 g/mol. The molecule has 0 saturated carbocycles. The van der Waals surface area contributed by atoms with Crippen LogP contribution in [0.5, 0.6) is 17.6 Å². The van der Waals surface area contributed by atoms with Crippen LogP contribution in [0.3, 0.4) is 0 Å². The number of rotatable bonds is 15. The van der Waals surface area contributed by atoms with Gasteiger partial charge in [0.15, 0.2) is 11.6 Å². The average molecular weight is 509 g/mol. The summed E-state index contributed by atoms with van der Waals surface area (Å²) in [7, 11) is 0. The minimum absolute atomic E-state index is 0.455. The van der Waals surface area contributed by atoms with E-state index in [2.05, 4.69) is 44.6 Å². The number of hydrogen-bond donors (Lipinski definition) is 0. The standard InChI is InChI=1S/C28H40N6O3/c1-7-12-20-25(27-29-19(6)17-22(32-27)35-14-9-3)30-21(13-8-2)26(31-20)28-33-23(36-15-10-4)18-24(34-28)37-16-11-5/h17-18H,7-16H2,1-6H3. The number of ether oxygens (including phenoxy) is 3. The SMILES string of the molecule is CCCOc1cc(C)nc(-c2nc(CCC)c(-c3nc(OCCC)cc(OCCC)n3)nc2CCC)n1. The lowest BCUT2D eigenvalue weighted by Crippen LogP contribution is -2.11. The van der Waals surface area contributed by atoms with Gasteiger partial charge in [-0.05, 0) is 39.0 Å². The van der Waals surface area contributed by atoms with Crippen LogP contribution in [0.15, 0.2) is 12.1 Å². The summed E-state index contributed by atoms with van der Waals surface area (Å²) in [5.41, 5.74) is 3.76. The van der Waals surface area contributed by atoms with Gasteiger partial charge in [0.05, 0.1) is 37.3 Å². The Morgan fingerprint density at radius 2 is 0.919 bits per heavy atom. The van der Waals surface area contributed by atoms with Crippen LogP contribution < -0.4 is 14.2 Å². The zero-order valence-corrected chi connectivity index (χ0v) is 23.1. The van der Waals surface area contributed by atoms with Crippen molar-refractivity contribution in [3.8, 4) is 40.7 Å². The second-order valence-corrected chi connectivity index (χ2v) is 8.90. The van der Waals surface area contributed by atoms with Crippen LogP contribution in [-0.4, -0.2) is 49.7 Å². The van der Waals surface area contributed by atoms with Gasteiger partial charge in [0, 0.05) is 11.8 Å². The molecular formula is C28H40N6O3. The van der Waals surface area contributed by atoms with Crippen molar-refractivity contribution in [2.75, 3.05) is 19.8 Å². The molecule has 0 N–H and O–H groups in total. The van der Waals surface area contributed by atoms with Crippen molar-refractivity contribution in [2.45, 2.75) is 86.5 Å². The topological polar surface area (TPSA) is 105 Å². The number of hydrogen-bond acceptors (Lipinski definition) is 9. The van der Waals surface area contributed by atoms with Gasteiger partial charge in [-0.1, -0.05) is 47.5 Å². The number of aromatic nitrogens is 6. The molecule has 0 saturated heterocycles. The largest absolute Gasteiger partial charge is 0.478 e.